The normalized spacial score (nSPS) is 16.0. The van der Waals surface area contributed by atoms with Crippen LogP contribution in [0.2, 0.25) is 0 Å². The fourth-order valence-corrected chi connectivity index (χ4v) is 0.332. The molecule has 1 aliphatic carbocycles. The molecule has 0 radical (unpaired) electrons. The average Bonchev–Trinajstić information content (AvgIpc) is 2.12. The van der Waals surface area contributed by atoms with E-state index in [2.05, 4.69) is 6.58 Å². The largest absolute Gasteiger partial charge is 1.00 e. The summed E-state index contributed by atoms with van der Waals surface area (Å²) in [4.78, 5) is 0. The monoisotopic (exact) mass is 138 g/mol. The predicted molar refractivity (Wildman–Crippen MR) is 22.9 cm³/mol. The van der Waals surface area contributed by atoms with Crippen LogP contribution in [0.5, 0.6) is 0 Å². The van der Waals surface area contributed by atoms with Crippen molar-refractivity contribution in [1.29, 1.82) is 0 Å². The molecule has 0 aromatic carbocycles. The number of rotatable bonds is 1. The Kier molecular flexibility index (Phi) is 6.61. The quantitative estimate of drug-likeness (QED) is 0.322. The standard InChI is InChI=1S/C5H8.2ClH/c1-2-5-3-4-5;;/h2,5H,1,3-4H2;2*1H/p-2. The first kappa shape index (κ1) is 10.3. The maximum Gasteiger partial charge on any atom is -0.0236 e. The summed E-state index contributed by atoms with van der Waals surface area (Å²) in [6, 6.07) is 0. The molecule has 0 aromatic heterocycles. The van der Waals surface area contributed by atoms with E-state index in [9.17, 15) is 0 Å². The van der Waals surface area contributed by atoms with E-state index in [1.54, 1.807) is 0 Å². The summed E-state index contributed by atoms with van der Waals surface area (Å²) in [6.07, 6.45) is 4.81. The van der Waals surface area contributed by atoms with Crippen molar-refractivity contribution in [2.45, 2.75) is 12.8 Å². The van der Waals surface area contributed by atoms with Gasteiger partial charge in [0, 0.05) is 0 Å². The molecule has 0 spiro atoms. The van der Waals surface area contributed by atoms with Crippen molar-refractivity contribution in [3.05, 3.63) is 12.7 Å². The van der Waals surface area contributed by atoms with Crippen molar-refractivity contribution in [2.24, 2.45) is 5.92 Å². The van der Waals surface area contributed by atoms with Crippen LogP contribution in [0.25, 0.3) is 0 Å². The zero-order chi connectivity index (χ0) is 3.70. The second kappa shape index (κ2) is 4.48. The van der Waals surface area contributed by atoms with Gasteiger partial charge in [0.25, 0.3) is 0 Å². The number of hydrogen-bond acceptors (Lipinski definition) is 0. The Morgan fingerprint density at radius 2 is 1.71 bits per heavy atom. The molecule has 44 valence electrons. The van der Waals surface area contributed by atoms with E-state index in [-0.39, 0.29) is 24.8 Å². The van der Waals surface area contributed by atoms with Crippen molar-refractivity contribution >= 4 is 0 Å². The summed E-state index contributed by atoms with van der Waals surface area (Å²) >= 11 is 0. The summed E-state index contributed by atoms with van der Waals surface area (Å²) in [6.45, 7) is 3.62. The van der Waals surface area contributed by atoms with Crippen molar-refractivity contribution in [3.63, 3.8) is 0 Å². The van der Waals surface area contributed by atoms with Crippen molar-refractivity contribution < 1.29 is 24.8 Å². The summed E-state index contributed by atoms with van der Waals surface area (Å²) < 4.78 is 0. The van der Waals surface area contributed by atoms with Gasteiger partial charge in [0.15, 0.2) is 0 Å². The van der Waals surface area contributed by atoms with E-state index < -0.39 is 0 Å². The average molecular weight is 139 g/mol. The molecule has 1 rings (SSSR count). The van der Waals surface area contributed by atoms with Crippen LogP contribution in [0.4, 0.5) is 0 Å². The fourth-order valence-electron chi connectivity index (χ4n) is 0.332. The van der Waals surface area contributed by atoms with Crippen LogP contribution in [0, 0.1) is 5.92 Å². The molecule has 7 heavy (non-hydrogen) atoms. The molecule has 0 aromatic rings. The summed E-state index contributed by atoms with van der Waals surface area (Å²) in [7, 11) is 0. The highest BCUT2D eigenvalue weighted by Gasteiger charge is 2.15. The van der Waals surface area contributed by atoms with Gasteiger partial charge in [-0.1, -0.05) is 6.08 Å². The molecule has 0 nitrogen and oxygen atoms in total. The van der Waals surface area contributed by atoms with E-state index in [0.717, 1.165) is 5.92 Å². The molecular formula is C5H8Cl2-2. The maximum atomic E-state index is 3.62. The third kappa shape index (κ3) is 4.17. The zero-order valence-electron chi connectivity index (χ0n) is 4.03. The van der Waals surface area contributed by atoms with Crippen LogP contribution >= 0.6 is 0 Å². The van der Waals surface area contributed by atoms with Crippen LogP contribution in [-0.4, -0.2) is 0 Å². The second-order valence-electron chi connectivity index (χ2n) is 1.57. The molecule has 0 atom stereocenters. The maximum absolute atomic E-state index is 3.62. The molecule has 0 saturated heterocycles. The summed E-state index contributed by atoms with van der Waals surface area (Å²) in [5.41, 5.74) is 0. The van der Waals surface area contributed by atoms with E-state index in [4.69, 9.17) is 0 Å². The van der Waals surface area contributed by atoms with E-state index in [0.29, 0.717) is 0 Å². The van der Waals surface area contributed by atoms with Gasteiger partial charge in [0.2, 0.25) is 0 Å². The van der Waals surface area contributed by atoms with Gasteiger partial charge >= 0.3 is 0 Å². The van der Waals surface area contributed by atoms with Gasteiger partial charge < -0.3 is 24.8 Å². The Morgan fingerprint density at radius 3 is 1.71 bits per heavy atom. The SMILES string of the molecule is C=CC1CC1.[Cl-].[Cl-]. The Morgan fingerprint density at radius 1 is 1.29 bits per heavy atom. The minimum Gasteiger partial charge on any atom is -1.00 e. The second-order valence-corrected chi connectivity index (χ2v) is 1.57. The fraction of sp³-hybridized carbons (Fsp3) is 0.600. The molecule has 1 aliphatic rings. The third-order valence-corrected chi connectivity index (χ3v) is 0.955. The minimum atomic E-state index is 0. The molecule has 0 aliphatic heterocycles. The van der Waals surface area contributed by atoms with E-state index in [1.807, 2.05) is 6.08 Å². The van der Waals surface area contributed by atoms with Crippen LogP contribution in [-0.2, 0) is 0 Å². The Hall–Kier alpha value is 0.320. The third-order valence-electron chi connectivity index (χ3n) is 0.955. The smallest absolute Gasteiger partial charge is 0.0236 e. The van der Waals surface area contributed by atoms with Crippen LogP contribution in [0.3, 0.4) is 0 Å². The number of allylic oxidation sites excluding steroid dienone is 1. The molecule has 0 bridgehead atoms. The molecule has 0 N–H and O–H groups in total. The highest BCUT2D eigenvalue weighted by atomic mass is 35.5. The first-order valence-electron chi connectivity index (χ1n) is 2.06. The number of halogens is 2. The van der Waals surface area contributed by atoms with Crippen LogP contribution < -0.4 is 24.8 Å². The van der Waals surface area contributed by atoms with Crippen molar-refractivity contribution in [2.75, 3.05) is 0 Å². The van der Waals surface area contributed by atoms with Gasteiger partial charge in [-0.2, -0.15) is 0 Å². The molecule has 0 amide bonds. The van der Waals surface area contributed by atoms with Gasteiger partial charge in [-0.05, 0) is 18.8 Å². The Labute approximate surface area is 56.8 Å². The van der Waals surface area contributed by atoms with Crippen molar-refractivity contribution in [3.8, 4) is 0 Å². The highest BCUT2D eigenvalue weighted by Crippen LogP contribution is 2.28. The molecule has 2 heteroatoms. The highest BCUT2D eigenvalue weighted by molar-refractivity contribution is 4.88. The van der Waals surface area contributed by atoms with Gasteiger partial charge in [-0.25, -0.2) is 0 Å². The van der Waals surface area contributed by atoms with E-state index >= 15 is 0 Å². The Balaban J connectivity index is 0. The first-order valence-corrected chi connectivity index (χ1v) is 2.06. The Bertz CT molecular complexity index is 48.0. The molecule has 0 heterocycles. The molecule has 1 saturated carbocycles. The topological polar surface area (TPSA) is 0 Å². The zero-order valence-corrected chi connectivity index (χ0v) is 5.54. The predicted octanol–water partition coefficient (Wildman–Crippen LogP) is -4.41. The van der Waals surface area contributed by atoms with Crippen LogP contribution in [0.15, 0.2) is 12.7 Å². The minimum absolute atomic E-state index is 0. The summed E-state index contributed by atoms with van der Waals surface area (Å²) in [5.74, 6) is 0.898. The summed E-state index contributed by atoms with van der Waals surface area (Å²) in [5, 5.41) is 0. The molecular weight excluding hydrogens is 131 g/mol. The molecule has 1 fully saturated rings. The number of hydrogen-bond donors (Lipinski definition) is 0. The lowest BCUT2D eigenvalue weighted by Crippen LogP contribution is -3.00. The molecule has 0 unspecified atom stereocenters. The van der Waals surface area contributed by atoms with E-state index in [1.165, 1.54) is 12.8 Å². The lowest BCUT2D eigenvalue weighted by Gasteiger charge is -1.63. The van der Waals surface area contributed by atoms with Crippen molar-refractivity contribution in [1.82, 2.24) is 0 Å². The van der Waals surface area contributed by atoms with Gasteiger partial charge in [-0.3, -0.25) is 0 Å². The van der Waals surface area contributed by atoms with Crippen LogP contribution in [0.1, 0.15) is 12.8 Å². The van der Waals surface area contributed by atoms with Gasteiger partial charge in [-0.15, -0.1) is 6.58 Å². The van der Waals surface area contributed by atoms with Gasteiger partial charge in [0.1, 0.15) is 0 Å². The lowest BCUT2D eigenvalue weighted by atomic mass is 10.4. The lowest BCUT2D eigenvalue weighted by molar-refractivity contribution is -0.001000. The van der Waals surface area contributed by atoms with Gasteiger partial charge in [0.05, 0.1) is 0 Å². The first-order chi connectivity index (χ1) is 2.43.